The maximum atomic E-state index is 11.7. The van der Waals surface area contributed by atoms with E-state index in [1.165, 1.54) is 11.9 Å². The van der Waals surface area contributed by atoms with E-state index in [4.69, 9.17) is 9.47 Å². The van der Waals surface area contributed by atoms with Crippen LogP contribution in [0.4, 0.5) is 4.79 Å². The molecule has 0 N–H and O–H groups in total. The summed E-state index contributed by atoms with van der Waals surface area (Å²) in [5.74, 6) is 0. The van der Waals surface area contributed by atoms with Crippen molar-refractivity contribution in [1.82, 2.24) is 4.90 Å². The van der Waals surface area contributed by atoms with Crippen LogP contribution in [-0.2, 0) is 14.3 Å². The van der Waals surface area contributed by atoms with E-state index in [0.29, 0.717) is 6.29 Å². The van der Waals surface area contributed by atoms with Crippen molar-refractivity contribution in [2.24, 2.45) is 0 Å². The van der Waals surface area contributed by atoms with Gasteiger partial charge in [0.05, 0.1) is 12.7 Å². The summed E-state index contributed by atoms with van der Waals surface area (Å²) >= 11 is 0. The van der Waals surface area contributed by atoms with Crippen molar-refractivity contribution in [3.8, 4) is 0 Å². The smallest absolute Gasteiger partial charge is 0.410 e. The molecule has 0 aliphatic heterocycles. The number of hydrogen-bond donors (Lipinski definition) is 0. The van der Waals surface area contributed by atoms with Gasteiger partial charge in [0.15, 0.2) is 0 Å². The maximum Gasteiger partial charge on any atom is 0.410 e. The minimum Gasteiger partial charge on any atom is -0.444 e. The van der Waals surface area contributed by atoms with Gasteiger partial charge in [-0.25, -0.2) is 4.79 Å². The van der Waals surface area contributed by atoms with Crippen LogP contribution in [0.5, 0.6) is 0 Å². The molecule has 1 unspecified atom stereocenters. The summed E-state index contributed by atoms with van der Waals surface area (Å²) in [5.41, 5.74) is -0.572. The monoisotopic (exact) mass is 245 g/mol. The lowest BCUT2D eigenvalue weighted by Crippen LogP contribution is -2.44. The number of rotatable bonds is 5. The van der Waals surface area contributed by atoms with Gasteiger partial charge < -0.3 is 14.3 Å². The highest BCUT2D eigenvalue weighted by Crippen LogP contribution is 2.10. The Hall–Kier alpha value is -1.10. The predicted molar refractivity (Wildman–Crippen MR) is 64.9 cm³/mol. The summed E-state index contributed by atoms with van der Waals surface area (Å²) in [6, 6.07) is -0.618. The van der Waals surface area contributed by atoms with E-state index in [0.717, 1.165) is 0 Å². The van der Waals surface area contributed by atoms with Gasteiger partial charge >= 0.3 is 6.09 Å². The second-order valence-corrected chi connectivity index (χ2v) is 5.18. The van der Waals surface area contributed by atoms with Gasteiger partial charge in [0.25, 0.3) is 0 Å². The summed E-state index contributed by atoms with van der Waals surface area (Å²) < 4.78 is 10.5. The Morgan fingerprint density at radius 3 is 2.24 bits per heavy atom. The third kappa shape index (κ3) is 6.94. The lowest BCUT2D eigenvalue weighted by Gasteiger charge is -2.28. The van der Waals surface area contributed by atoms with Crippen molar-refractivity contribution in [1.29, 1.82) is 0 Å². The van der Waals surface area contributed by atoms with Gasteiger partial charge in [-0.15, -0.1) is 0 Å². The molecule has 100 valence electrons. The summed E-state index contributed by atoms with van der Waals surface area (Å²) in [7, 11) is 1.52. The highest BCUT2D eigenvalue weighted by atomic mass is 16.6. The predicted octanol–water partition coefficient (Wildman–Crippen LogP) is 1.85. The van der Waals surface area contributed by atoms with Crippen molar-refractivity contribution in [2.75, 3.05) is 13.7 Å². The third-order valence-corrected chi connectivity index (χ3v) is 1.94. The second kappa shape index (κ2) is 6.59. The molecule has 17 heavy (non-hydrogen) atoms. The molecular weight excluding hydrogens is 222 g/mol. The average Bonchev–Trinajstić information content (AvgIpc) is 2.15. The molecule has 0 spiro atoms. The first-order valence-electron chi connectivity index (χ1n) is 5.70. The number of amides is 1. The fraction of sp³-hybridized carbons (Fsp3) is 0.833. The normalized spacial score (nSPS) is 13.4. The van der Waals surface area contributed by atoms with Crippen LogP contribution < -0.4 is 0 Å². The highest BCUT2D eigenvalue weighted by molar-refractivity contribution is 5.73. The fourth-order valence-electron chi connectivity index (χ4n) is 1.00. The van der Waals surface area contributed by atoms with Crippen LogP contribution in [-0.4, -0.2) is 48.7 Å². The summed E-state index contributed by atoms with van der Waals surface area (Å²) in [5, 5.41) is 0. The standard InChI is InChI=1S/C12H23NO4/c1-9(2)16-8-10(7-14)13(6)11(15)17-12(3,4)5/h7,9-10H,8H2,1-6H3. The molecule has 0 saturated carbocycles. The molecule has 0 bridgehead atoms. The topological polar surface area (TPSA) is 55.8 Å². The summed E-state index contributed by atoms with van der Waals surface area (Å²) in [6.07, 6.45) is 0.179. The van der Waals surface area contributed by atoms with Crippen molar-refractivity contribution in [2.45, 2.75) is 52.4 Å². The molecule has 0 aliphatic carbocycles. The zero-order chi connectivity index (χ0) is 13.6. The number of likely N-dealkylation sites (N-methyl/N-ethyl adjacent to an activating group) is 1. The molecule has 1 amide bonds. The summed E-state index contributed by atoms with van der Waals surface area (Å²) in [4.78, 5) is 23.8. The number of carbonyl (C=O) groups excluding carboxylic acids is 2. The van der Waals surface area contributed by atoms with E-state index >= 15 is 0 Å². The SMILES string of the molecule is CC(C)OCC(C=O)N(C)C(=O)OC(C)(C)C. The molecule has 0 radical (unpaired) electrons. The minimum atomic E-state index is -0.618. The Kier molecular flexibility index (Phi) is 6.16. The Balaban J connectivity index is 4.37. The zero-order valence-electron chi connectivity index (χ0n) is 11.5. The van der Waals surface area contributed by atoms with Crippen LogP contribution in [0.2, 0.25) is 0 Å². The molecular formula is C12H23NO4. The quantitative estimate of drug-likeness (QED) is 0.694. The number of aldehydes is 1. The molecule has 0 aliphatic rings. The van der Waals surface area contributed by atoms with Crippen LogP contribution in [0, 0.1) is 0 Å². The minimum absolute atomic E-state index is 0.0180. The van der Waals surface area contributed by atoms with Crippen molar-refractivity contribution < 1.29 is 19.1 Å². The molecule has 5 heteroatoms. The number of hydrogen-bond acceptors (Lipinski definition) is 4. The van der Waals surface area contributed by atoms with Crippen molar-refractivity contribution >= 4 is 12.4 Å². The Morgan fingerprint density at radius 1 is 1.35 bits per heavy atom. The van der Waals surface area contributed by atoms with Crippen LogP contribution in [0.15, 0.2) is 0 Å². The van der Waals surface area contributed by atoms with Crippen molar-refractivity contribution in [3.05, 3.63) is 0 Å². The van der Waals surface area contributed by atoms with E-state index in [1.54, 1.807) is 20.8 Å². The highest BCUT2D eigenvalue weighted by Gasteiger charge is 2.25. The maximum absolute atomic E-state index is 11.7. The van der Waals surface area contributed by atoms with E-state index in [1.807, 2.05) is 13.8 Å². The molecule has 1 atom stereocenters. The van der Waals surface area contributed by atoms with Gasteiger partial charge in [0.2, 0.25) is 0 Å². The molecule has 0 saturated heterocycles. The molecule has 0 aromatic heterocycles. The van der Waals surface area contributed by atoms with Gasteiger partial charge in [0, 0.05) is 7.05 Å². The van der Waals surface area contributed by atoms with E-state index in [-0.39, 0.29) is 12.7 Å². The first-order chi connectivity index (χ1) is 7.67. The first-order valence-corrected chi connectivity index (χ1v) is 5.70. The largest absolute Gasteiger partial charge is 0.444 e. The van der Waals surface area contributed by atoms with Gasteiger partial charge in [-0.3, -0.25) is 4.90 Å². The van der Waals surface area contributed by atoms with Gasteiger partial charge in [0.1, 0.15) is 17.9 Å². The Labute approximate surface area is 103 Å². The fourth-order valence-corrected chi connectivity index (χ4v) is 1.00. The second-order valence-electron chi connectivity index (χ2n) is 5.18. The first kappa shape index (κ1) is 15.9. The molecule has 5 nitrogen and oxygen atoms in total. The molecule has 0 aromatic carbocycles. The number of carbonyl (C=O) groups is 2. The lowest BCUT2D eigenvalue weighted by molar-refractivity contribution is -0.114. The van der Waals surface area contributed by atoms with E-state index in [9.17, 15) is 9.59 Å². The zero-order valence-corrected chi connectivity index (χ0v) is 11.5. The number of nitrogens with zero attached hydrogens (tertiary/aromatic N) is 1. The third-order valence-electron chi connectivity index (χ3n) is 1.94. The van der Waals surface area contributed by atoms with Crippen LogP contribution in [0.3, 0.4) is 0 Å². The summed E-state index contributed by atoms with van der Waals surface area (Å²) in [6.45, 7) is 9.25. The van der Waals surface area contributed by atoms with Crippen LogP contribution in [0.25, 0.3) is 0 Å². The number of ether oxygens (including phenoxy) is 2. The lowest BCUT2D eigenvalue weighted by atomic mass is 10.2. The molecule has 0 aromatic rings. The van der Waals surface area contributed by atoms with Crippen molar-refractivity contribution in [3.63, 3.8) is 0 Å². The van der Waals surface area contributed by atoms with Gasteiger partial charge in [-0.1, -0.05) is 0 Å². The van der Waals surface area contributed by atoms with E-state index < -0.39 is 17.7 Å². The molecule has 0 heterocycles. The Morgan fingerprint density at radius 2 is 1.88 bits per heavy atom. The van der Waals surface area contributed by atoms with Crippen LogP contribution in [0.1, 0.15) is 34.6 Å². The molecule has 0 fully saturated rings. The van der Waals surface area contributed by atoms with Crippen LogP contribution >= 0.6 is 0 Å². The Bertz CT molecular complexity index is 258. The van der Waals surface area contributed by atoms with Gasteiger partial charge in [-0.2, -0.15) is 0 Å². The van der Waals surface area contributed by atoms with E-state index in [2.05, 4.69) is 0 Å². The van der Waals surface area contributed by atoms with Gasteiger partial charge in [-0.05, 0) is 34.6 Å². The average molecular weight is 245 g/mol. The molecule has 0 rings (SSSR count).